The van der Waals surface area contributed by atoms with E-state index in [1.165, 1.54) is 22.3 Å². The Morgan fingerprint density at radius 2 is 1.76 bits per heavy atom. The SMILES string of the molecule is Cc1cc(C)c(CNCCCS(C)=O)c(C)c1. The highest BCUT2D eigenvalue weighted by atomic mass is 32.2. The molecule has 17 heavy (non-hydrogen) atoms. The van der Waals surface area contributed by atoms with Gasteiger partial charge in [-0.25, -0.2) is 0 Å². The molecule has 3 heteroatoms. The van der Waals surface area contributed by atoms with Crippen LogP contribution < -0.4 is 5.32 Å². The van der Waals surface area contributed by atoms with Gasteiger partial charge in [0.25, 0.3) is 0 Å². The Bertz CT molecular complexity index is 378. The van der Waals surface area contributed by atoms with Crippen molar-refractivity contribution in [2.24, 2.45) is 0 Å². The monoisotopic (exact) mass is 253 g/mol. The van der Waals surface area contributed by atoms with Gasteiger partial charge in [0, 0.05) is 29.4 Å². The molecular formula is C14H23NOS. The van der Waals surface area contributed by atoms with Gasteiger partial charge in [0.05, 0.1) is 0 Å². The first-order chi connectivity index (χ1) is 8.00. The van der Waals surface area contributed by atoms with E-state index in [1.807, 2.05) is 0 Å². The normalized spacial score (nSPS) is 12.7. The summed E-state index contributed by atoms with van der Waals surface area (Å²) in [6.45, 7) is 8.31. The number of hydrogen-bond donors (Lipinski definition) is 1. The Morgan fingerprint density at radius 1 is 1.18 bits per heavy atom. The maximum atomic E-state index is 10.9. The lowest BCUT2D eigenvalue weighted by atomic mass is 10.00. The van der Waals surface area contributed by atoms with E-state index in [4.69, 9.17) is 0 Å². The first-order valence-corrected chi connectivity index (χ1v) is 7.81. The summed E-state index contributed by atoms with van der Waals surface area (Å²) in [5.41, 5.74) is 5.43. The number of aryl methyl sites for hydroxylation is 3. The van der Waals surface area contributed by atoms with Crippen LogP contribution in [0.15, 0.2) is 12.1 Å². The predicted molar refractivity (Wildman–Crippen MR) is 75.9 cm³/mol. The summed E-state index contributed by atoms with van der Waals surface area (Å²) in [4.78, 5) is 0. The Labute approximate surface area is 107 Å². The molecule has 0 amide bonds. The van der Waals surface area contributed by atoms with Crippen LogP contribution in [-0.2, 0) is 17.3 Å². The van der Waals surface area contributed by atoms with E-state index in [0.29, 0.717) is 0 Å². The molecule has 1 rings (SSSR count). The molecule has 96 valence electrons. The molecule has 0 spiro atoms. The second-order valence-electron chi connectivity index (χ2n) is 4.68. The topological polar surface area (TPSA) is 29.1 Å². The molecule has 0 bridgehead atoms. The van der Waals surface area contributed by atoms with E-state index < -0.39 is 10.8 Å². The lowest BCUT2D eigenvalue weighted by molar-refractivity contribution is 0.659. The molecule has 1 aromatic carbocycles. The predicted octanol–water partition coefficient (Wildman–Crippen LogP) is 2.47. The molecule has 0 heterocycles. The van der Waals surface area contributed by atoms with Crippen molar-refractivity contribution in [3.05, 3.63) is 34.4 Å². The van der Waals surface area contributed by atoms with Crippen LogP contribution in [0.4, 0.5) is 0 Å². The zero-order valence-electron chi connectivity index (χ0n) is 11.3. The molecule has 0 aliphatic heterocycles. The maximum Gasteiger partial charge on any atom is 0.0244 e. The van der Waals surface area contributed by atoms with Gasteiger partial charge in [-0.3, -0.25) is 4.21 Å². The summed E-state index contributed by atoms with van der Waals surface area (Å²) in [7, 11) is -0.665. The molecule has 0 aromatic heterocycles. The van der Waals surface area contributed by atoms with Crippen LogP contribution in [0.3, 0.4) is 0 Å². The maximum absolute atomic E-state index is 10.9. The number of benzene rings is 1. The summed E-state index contributed by atoms with van der Waals surface area (Å²) in [6.07, 6.45) is 2.74. The number of nitrogens with one attached hydrogen (secondary N) is 1. The fourth-order valence-electron chi connectivity index (χ4n) is 2.10. The Morgan fingerprint density at radius 3 is 2.29 bits per heavy atom. The van der Waals surface area contributed by atoms with Crippen LogP contribution in [0.2, 0.25) is 0 Å². The quantitative estimate of drug-likeness (QED) is 0.789. The van der Waals surface area contributed by atoms with E-state index in [9.17, 15) is 4.21 Å². The lowest BCUT2D eigenvalue weighted by Crippen LogP contribution is -2.18. The standard InChI is InChI=1S/C14H23NOS/c1-11-8-12(2)14(13(3)9-11)10-15-6-5-7-17(4)16/h8-9,15H,5-7,10H2,1-4H3. The van der Waals surface area contributed by atoms with Gasteiger partial charge in [-0.1, -0.05) is 17.7 Å². The van der Waals surface area contributed by atoms with Crippen molar-refractivity contribution in [3.8, 4) is 0 Å². The second-order valence-corrected chi connectivity index (χ2v) is 6.24. The Hall–Kier alpha value is -0.670. The van der Waals surface area contributed by atoms with Crippen molar-refractivity contribution in [2.45, 2.75) is 33.7 Å². The van der Waals surface area contributed by atoms with Gasteiger partial charge >= 0.3 is 0 Å². The smallest absolute Gasteiger partial charge is 0.0244 e. The van der Waals surface area contributed by atoms with Crippen molar-refractivity contribution in [1.82, 2.24) is 5.32 Å². The largest absolute Gasteiger partial charge is 0.313 e. The van der Waals surface area contributed by atoms with Crippen LogP contribution in [0.5, 0.6) is 0 Å². The van der Waals surface area contributed by atoms with Crippen molar-refractivity contribution >= 4 is 10.8 Å². The van der Waals surface area contributed by atoms with Gasteiger partial charge in [-0.15, -0.1) is 0 Å². The van der Waals surface area contributed by atoms with Crippen LogP contribution >= 0.6 is 0 Å². The van der Waals surface area contributed by atoms with E-state index >= 15 is 0 Å². The molecule has 0 saturated carbocycles. The first-order valence-electron chi connectivity index (χ1n) is 6.08. The highest BCUT2D eigenvalue weighted by molar-refractivity contribution is 7.84. The minimum atomic E-state index is -0.665. The van der Waals surface area contributed by atoms with E-state index in [1.54, 1.807) is 6.26 Å². The van der Waals surface area contributed by atoms with Crippen LogP contribution in [-0.4, -0.2) is 22.8 Å². The summed E-state index contributed by atoms with van der Waals surface area (Å²) >= 11 is 0. The summed E-state index contributed by atoms with van der Waals surface area (Å²) in [6, 6.07) is 4.45. The fourth-order valence-corrected chi connectivity index (χ4v) is 2.65. The van der Waals surface area contributed by atoms with Gasteiger partial charge in [0.15, 0.2) is 0 Å². The Balaban J connectivity index is 2.44. The van der Waals surface area contributed by atoms with Crippen LogP contribution in [0.1, 0.15) is 28.7 Å². The van der Waals surface area contributed by atoms with Crippen LogP contribution in [0.25, 0.3) is 0 Å². The van der Waals surface area contributed by atoms with Crippen LogP contribution in [0, 0.1) is 20.8 Å². The van der Waals surface area contributed by atoms with Gasteiger partial charge < -0.3 is 5.32 Å². The molecule has 1 N–H and O–H groups in total. The molecular weight excluding hydrogens is 230 g/mol. The van der Waals surface area contributed by atoms with E-state index in [-0.39, 0.29) is 0 Å². The third-order valence-corrected chi connectivity index (χ3v) is 3.79. The highest BCUT2D eigenvalue weighted by Crippen LogP contribution is 2.15. The van der Waals surface area contributed by atoms with E-state index in [0.717, 1.165) is 25.3 Å². The van der Waals surface area contributed by atoms with Crippen molar-refractivity contribution in [3.63, 3.8) is 0 Å². The average Bonchev–Trinajstić information content (AvgIpc) is 2.20. The minimum absolute atomic E-state index is 0.665. The summed E-state index contributed by atoms with van der Waals surface area (Å²) in [5.74, 6) is 0.791. The molecule has 0 radical (unpaired) electrons. The molecule has 0 saturated heterocycles. The fraction of sp³-hybridized carbons (Fsp3) is 0.571. The van der Waals surface area contributed by atoms with Gasteiger partial charge in [0.2, 0.25) is 0 Å². The zero-order chi connectivity index (χ0) is 12.8. The number of rotatable bonds is 6. The van der Waals surface area contributed by atoms with E-state index in [2.05, 4.69) is 38.2 Å². The average molecular weight is 253 g/mol. The molecule has 1 aromatic rings. The minimum Gasteiger partial charge on any atom is -0.313 e. The molecule has 1 atom stereocenters. The number of hydrogen-bond acceptors (Lipinski definition) is 2. The summed E-state index contributed by atoms with van der Waals surface area (Å²) in [5, 5.41) is 3.42. The zero-order valence-corrected chi connectivity index (χ0v) is 12.1. The van der Waals surface area contributed by atoms with Gasteiger partial charge in [-0.05, 0) is 50.4 Å². The third-order valence-electron chi connectivity index (χ3n) is 2.93. The molecule has 0 aliphatic carbocycles. The highest BCUT2D eigenvalue weighted by Gasteiger charge is 2.03. The first kappa shape index (κ1) is 14.4. The summed E-state index contributed by atoms with van der Waals surface area (Å²) < 4.78 is 10.9. The molecule has 0 aliphatic rings. The second kappa shape index (κ2) is 6.92. The van der Waals surface area contributed by atoms with Crippen molar-refractivity contribution in [2.75, 3.05) is 18.6 Å². The molecule has 1 unspecified atom stereocenters. The Kier molecular flexibility index (Phi) is 5.86. The van der Waals surface area contributed by atoms with Crippen molar-refractivity contribution < 1.29 is 4.21 Å². The van der Waals surface area contributed by atoms with Gasteiger partial charge in [0.1, 0.15) is 0 Å². The van der Waals surface area contributed by atoms with Gasteiger partial charge in [-0.2, -0.15) is 0 Å². The third kappa shape index (κ3) is 5.00. The lowest BCUT2D eigenvalue weighted by Gasteiger charge is -2.12. The molecule has 0 fully saturated rings. The van der Waals surface area contributed by atoms with Crippen molar-refractivity contribution in [1.29, 1.82) is 0 Å². The molecule has 2 nitrogen and oxygen atoms in total.